The summed E-state index contributed by atoms with van der Waals surface area (Å²) in [7, 11) is 0. The molecule has 1 atom stereocenters. The number of halogens is 1. The Hall–Kier alpha value is -0.830. The number of hydrogen-bond acceptors (Lipinski definition) is 1. The van der Waals surface area contributed by atoms with E-state index in [2.05, 4.69) is 27.3 Å². The third-order valence-electron chi connectivity index (χ3n) is 2.56. The van der Waals surface area contributed by atoms with E-state index in [4.69, 9.17) is 0 Å². The molecule has 74 valence electrons. The number of para-hydroxylation sites is 1. The maximum atomic E-state index is 11.4. The average Bonchev–Trinajstić information content (AvgIpc) is 2.18. The molecule has 2 nitrogen and oxygen atoms in total. The van der Waals surface area contributed by atoms with Crippen LogP contribution in [-0.2, 0) is 4.79 Å². The van der Waals surface area contributed by atoms with E-state index in [1.807, 2.05) is 18.2 Å². The molecule has 3 heteroatoms. The van der Waals surface area contributed by atoms with Gasteiger partial charge < -0.3 is 5.32 Å². The molecule has 0 aliphatic carbocycles. The molecular formula is C11H12BrNO. The topological polar surface area (TPSA) is 29.1 Å². The van der Waals surface area contributed by atoms with Crippen LogP contribution in [0.3, 0.4) is 0 Å². The van der Waals surface area contributed by atoms with E-state index >= 15 is 0 Å². The SMILES string of the molecule is O=C1CC(CCBr)c2ccccc2N1. The van der Waals surface area contributed by atoms with Crippen molar-refractivity contribution in [3.05, 3.63) is 29.8 Å². The van der Waals surface area contributed by atoms with Crippen molar-refractivity contribution in [1.29, 1.82) is 0 Å². The fourth-order valence-electron chi connectivity index (χ4n) is 1.89. The molecule has 14 heavy (non-hydrogen) atoms. The molecule has 0 saturated carbocycles. The number of alkyl halides is 1. The van der Waals surface area contributed by atoms with Gasteiger partial charge in [0.2, 0.25) is 5.91 Å². The quantitative estimate of drug-likeness (QED) is 0.808. The molecule has 1 unspecified atom stereocenters. The average molecular weight is 254 g/mol. The summed E-state index contributed by atoms with van der Waals surface area (Å²) in [5.41, 5.74) is 2.25. The van der Waals surface area contributed by atoms with E-state index in [9.17, 15) is 4.79 Å². The van der Waals surface area contributed by atoms with Crippen LogP contribution in [0.15, 0.2) is 24.3 Å². The summed E-state index contributed by atoms with van der Waals surface area (Å²) in [6, 6.07) is 8.04. The van der Waals surface area contributed by atoms with Crippen molar-refractivity contribution in [2.75, 3.05) is 10.6 Å². The zero-order chi connectivity index (χ0) is 9.97. The fourth-order valence-corrected chi connectivity index (χ4v) is 2.44. The summed E-state index contributed by atoms with van der Waals surface area (Å²) in [4.78, 5) is 11.4. The van der Waals surface area contributed by atoms with Crippen LogP contribution >= 0.6 is 15.9 Å². The van der Waals surface area contributed by atoms with Gasteiger partial charge >= 0.3 is 0 Å². The highest BCUT2D eigenvalue weighted by atomic mass is 79.9. The predicted octanol–water partition coefficient (Wildman–Crippen LogP) is 2.90. The lowest BCUT2D eigenvalue weighted by molar-refractivity contribution is -0.116. The van der Waals surface area contributed by atoms with Gasteiger partial charge in [-0.2, -0.15) is 0 Å². The first-order chi connectivity index (χ1) is 6.81. The Labute approximate surface area is 91.8 Å². The lowest BCUT2D eigenvalue weighted by Crippen LogP contribution is -2.22. The van der Waals surface area contributed by atoms with Gasteiger partial charge in [-0.3, -0.25) is 4.79 Å². The molecule has 0 spiro atoms. The van der Waals surface area contributed by atoms with Gasteiger partial charge in [-0.1, -0.05) is 34.1 Å². The van der Waals surface area contributed by atoms with Gasteiger partial charge in [-0.25, -0.2) is 0 Å². The first-order valence-electron chi connectivity index (χ1n) is 4.76. The lowest BCUT2D eigenvalue weighted by Gasteiger charge is -2.24. The molecule has 2 rings (SSSR count). The van der Waals surface area contributed by atoms with Crippen molar-refractivity contribution in [2.24, 2.45) is 0 Å². The van der Waals surface area contributed by atoms with Crippen LogP contribution in [0.2, 0.25) is 0 Å². The monoisotopic (exact) mass is 253 g/mol. The second-order valence-electron chi connectivity index (χ2n) is 3.51. The van der Waals surface area contributed by atoms with E-state index in [1.165, 1.54) is 5.56 Å². The number of fused-ring (bicyclic) bond motifs is 1. The smallest absolute Gasteiger partial charge is 0.224 e. The van der Waals surface area contributed by atoms with E-state index in [0.717, 1.165) is 17.4 Å². The Morgan fingerprint density at radius 1 is 1.43 bits per heavy atom. The van der Waals surface area contributed by atoms with Crippen LogP contribution in [-0.4, -0.2) is 11.2 Å². The first kappa shape index (κ1) is 9.71. The predicted molar refractivity (Wildman–Crippen MR) is 60.8 cm³/mol. The molecule has 0 aromatic heterocycles. The van der Waals surface area contributed by atoms with Crippen molar-refractivity contribution >= 4 is 27.5 Å². The number of carbonyl (C=O) groups is 1. The summed E-state index contributed by atoms with van der Waals surface area (Å²) >= 11 is 3.42. The fraction of sp³-hybridized carbons (Fsp3) is 0.364. The van der Waals surface area contributed by atoms with Gasteiger partial charge in [0, 0.05) is 17.4 Å². The first-order valence-corrected chi connectivity index (χ1v) is 5.88. The number of amides is 1. The van der Waals surface area contributed by atoms with E-state index in [0.29, 0.717) is 12.3 Å². The summed E-state index contributed by atoms with van der Waals surface area (Å²) in [5, 5.41) is 3.84. The maximum Gasteiger partial charge on any atom is 0.224 e. The second-order valence-corrected chi connectivity index (χ2v) is 4.31. The minimum absolute atomic E-state index is 0.134. The largest absolute Gasteiger partial charge is 0.326 e. The number of nitrogens with one attached hydrogen (secondary N) is 1. The van der Waals surface area contributed by atoms with Crippen LogP contribution in [0.1, 0.15) is 24.3 Å². The van der Waals surface area contributed by atoms with Gasteiger partial charge in [0.25, 0.3) is 0 Å². The highest BCUT2D eigenvalue weighted by Crippen LogP contribution is 2.34. The molecule has 1 aliphatic heterocycles. The van der Waals surface area contributed by atoms with Gasteiger partial charge in [-0.15, -0.1) is 0 Å². The molecule has 1 amide bonds. The molecule has 1 heterocycles. The zero-order valence-corrected chi connectivity index (χ0v) is 9.38. The minimum atomic E-state index is 0.134. The van der Waals surface area contributed by atoms with Gasteiger partial charge in [-0.05, 0) is 24.0 Å². The summed E-state index contributed by atoms with van der Waals surface area (Å²) in [6.07, 6.45) is 1.63. The van der Waals surface area contributed by atoms with Crippen molar-refractivity contribution in [3.63, 3.8) is 0 Å². The van der Waals surface area contributed by atoms with Crippen LogP contribution < -0.4 is 5.32 Å². The molecule has 0 saturated heterocycles. The summed E-state index contributed by atoms with van der Waals surface area (Å²) in [5.74, 6) is 0.508. The molecule has 1 aromatic carbocycles. The van der Waals surface area contributed by atoms with Crippen molar-refractivity contribution in [1.82, 2.24) is 0 Å². The van der Waals surface area contributed by atoms with E-state index in [-0.39, 0.29) is 5.91 Å². The van der Waals surface area contributed by atoms with Crippen LogP contribution in [0.5, 0.6) is 0 Å². The van der Waals surface area contributed by atoms with Crippen molar-refractivity contribution in [3.8, 4) is 0 Å². The Bertz CT molecular complexity index is 351. The van der Waals surface area contributed by atoms with Crippen LogP contribution in [0.25, 0.3) is 0 Å². The Morgan fingerprint density at radius 3 is 3.00 bits per heavy atom. The number of hydrogen-bond donors (Lipinski definition) is 1. The normalized spacial score (nSPS) is 20.1. The lowest BCUT2D eigenvalue weighted by atomic mass is 9.89. The molecule has 1 aromatic rings. The van der Waals surface area contributed by atoms with E-state index in [1.54, 1.807) is 0 Å². The molecular weight excluding hydrogens is 242 g/mol. The van der Waals surface area contributed by atoms with Crippen LogP contribution in [0.4, 0.5) is 5.69 Å². The number of carbonyl (C=O) groups excluding carboxylic acids is 1. The highest BCUT2D eigenvalue weighted by molar-refractivity contribution is 9.09. The third-order valence-corrected chi connectivity index (χ3v) is 3.02. The standard InChI is InChI=1S/C11H12BrNO/c12-6-5-8-7-11(14)13-10-4-2-1-3-9(8)10/h1-4,8H,5-7H2,(H,13,14). The molecule has 1 aliphatic rings. The number of benzene rings is 1. The number of rotatable bonds is 2. The van der Waals surface area contributed by atoms with Gasteiger partial charge in [0.1, 0.15) is 0 Å². The minimum Gasteiger partial charge on any atom is -0.326 e. The summed E-state index contributed by atoms with van der Waals surface area (Å²) in [6.45, 7) is 0. The molecule has 0 radical (unpaired) electrons. The number of anilines is 1. The van der Waals surface area contributed by atoms with Gasteiger partial charge in [0.15, 0.2) is 0 Å². The zero-order valence-electron chi connectivity index (χ0n) is 7.79. The Morgan fingerprint density at radius 2 is 2.21 bits per heavy atom. The Balaban J connectivity index is 2.33. The van der Waals surface area contributed by atoms with Crippen molar-refractivity contribution < 1.29 is 4.79 Å². The van der Waals surface area contributed by atoms with Crippen LogP contribution in [0, 0.1) is 0 Å². The third kappa shape index (κ3) is 1.82. The highest BCUT2D eigenvalue weighted by Gasteiger charge is 2.23. The second kappa shape index (κ2) is 4.13. The molecule has 0 bridgehead atoms. The van der Waals surface area contributed by atoms with Gasteiger partial charge in [0.05, 0.1) is 0 Å². The molecule has 0 fully saturated rings. The maximum absolute atomic E-state index is 11.4. The summed E-state index contributed by atoms with van der Waals surface area (Å²) < 4.78 is 0. The van der Waals surface area contributed by atoms with E-state index < -0.39 is 0 Å². The van der Waals surface area contributed by atoms with Crippen molar-refractivity contribution in [2.45, 2.75) is 18.8 Å². The molecule has 1 N–H and O–H groups in total. The Kier molecular flexibility index (Phi) is 2.87.